The van der Waals surface area contributed by atoms with Gasteiger partial charge in [0.2, 0.25) is 0 Å². The molecule has 1 unspecified atom stereocenters. The van der Waals surface area contributed by atoms with Crippen LogP contribution in [0.2, 0.25) is 0 Å². The van der Waals surface area contributed by atoms with Crippen LogP contribution in [0, 0.1) is 5.92 Å². The van der Waals surface area contributed by atoms with Crippen molar-refractivity contribution < 1.29 is 14.3 Å². The normalized spacial score (nSPS) is 12.2. The summed E-state index contributed by atoms with van der Waals surface area (Å²) in [6.45, 7) is 4.08. The van der Waals surface area contributed by atoms with Gasteiger partial charge in [-0.15, -0.1) is 0 Å². The summed E-state index contributed by atoms with van der Waals surface area (Å²) in [5.74, 6) is 0.134. The second kappa shape index (κ2) is 4.97. The van der Waals surface area contributed by atoms with Crippen molar-refractivity contribution in [2.75, 3.05) is 6.61 Å². The minimum absolute atomic E-state index is 0.0000463. The molecule has 0 amide bonds. The Labute approximate surface area is 60.4 Å². The van der Waals surface area contributed by atoms with Gasteiger partial charge < -0.3 is 4.74 Å². The van der Waals surface area contributed by atoms with Crippen LogP contribution in [0.15, 0.2) is 0 Å². The largest absolute Gasteiger partial charge is 0.468 e. The molecule has 0 N–H and O–H groups in total. The summed E-state index contributed by atoms with van der Waals surface area (Å²) in [6, 6.07) is 0. The highest BCUT2D eigenvalue weighted by atomic mass is 16.5. The van der Waals surface area contributed by atoms with Crippen LogP contribution in [0.3, 0.4) is 0 Å². The molecule has 10 heavy (non-hydrogen) atoms. The molecular weight excluding hydrogens is 132 g/mol. The quantitative estimate of drug-likeness (QED) is 0.423. The monoisotopic (exact) mass is 144 g/mol. The summed E-state index contributed by atoms with van der Waals surface area (Å²) in [5, 5.41) is 0. The van der Waals surface area contributed by atoms with Crippen LogP contribution in [0.5, 0.6) is 0 Å². The number of carbonyl (C=O) groups is 2. The molecule has 0 aliphatic heterocycles. The lowest BCUT2D eigenvalue weighted by molar-refractivity contribution is -0.130. The molecular formula is C7H12O3. The Bertz CT molecular complexity index is 120. The lowest BCUT2D eigenvalue weighted by Crippen LogP contribution is -2.09. The van der Waals surface area contributed by atoms with E-state index in [1.54, 1.807) is 0 Å². The number of hydrogen-bond donors (Lipinski definition) is 0. The molecule has 0 aromatic carbocycles. The lowest BCUT2D eigenvalue weighted by atomic mass is 10.1. The summed E-state index contributed by atoms with van der Waals surface area (Å²) in [4.78, 5) is 20.2. The van der Waals surface area contributed by atoms with E-state index in [1.165, 1.54) is 6.92 Å². The summed E-state index contributed by atoms with van der Waals surface area (Å²) in [5.41, 5.74) is 0. The molecule has 0 saturated heterocycles. The molecule has 0 heterocycles. The molecule has 0 aromatic rings. The van der Waals surface area contributed by atoms with E-state index in [-0.39, 0.29) is 11.7 Å². The number of ketones is 1. The second-order valence-corrected chi connectivity index (χ2v) is 2.27. The van der Waals surface area contributed by atoms with Crippen LogP contribution in [-0.2, 0) is 14.3 Å². The van der Waals surface area contributed by atoms with Crippen molar-refractivity contribution in [2.45, 2.75) is 20.3 Å². The summed E-state index contributed by atoms with van der Waals surface area (Å²) in [6.07, 6.45) is 0.619. The zero-order chi connectivity index (χ0) is 7.98. The number of hydrogen-bond acceptors (Lipinski definition) is 3. The van der Waals surface area contributed by atoms with E-state index in [0.29, 0.717) is 19.5 Å². The lowest BCUT2D eigenvalue weighted by Gasteiger charge is -2.04. The Morgan fingerprint density at radius 3 is 2.70 bits per heavy atom. The van der Waals surface area contributed by atoms with Crippen molar-refractivity contribution in [3.05, 3.63) is 0 Å². The fourth-order valence-corrected chi connectivity index (χ4v) is 0.496. The van der Waals surface area contributed by atoms with Gasteiger partial charge in [-0.1, -0.05) is 6.92 Å². The highest BCUT2D eigenvalue weighted by Crippen LogP contribution is 2.01. The van der Waals surface area contributed by atoms with Gasteiger partial charge in [0.1, 0.15) is 5.78 Å². The first-order chi connectivity index (χ1) is 4.68. The predicted octanol–water partition coefficient (Wildman–Crippen LogP) is 0.775. The maximum Gasteiger partial charge on any atom is 0.293 e. The van der Waals surface area contributed by atoms with Gasteiger partial charge in [0.15, 0.2) is 0 Å². The van der Waals surface area contributed by atoms with Gasteiger partial charge in [0.25, 0.3) is 6.47 Å². The Morgan fingerprint density at radius 1 is 1.70 bits per heavy atom. The number of ether oxygens (including phenoxy) is 1. The van der Waals surface area contributed by atoms with Gasteiger partial charge in [-0.25, -0.2) is 0 Å². The SMILES string of the molecule is CC(=O)C(C)CCOC=O. The van der Waals surface area contributed by atoms with Crippen molar-refractivity contribution in [2.24, 2.45) is 5.92 Å². The maximum atomic E-state index is 10.6. The first-order valence-corrected chi connectivity index (χ1v) is 3.24. The van der Waals surface area contributed by atoms with Crippen LogP contribution in [0.25, 0.3) is 0 Å². The van der Waals surface area contributed by atoms with Crippen LogP contribution in [-0.4, -0.2) is 18.9 Å². The minimum atomic E-state index is -0.0000463. The molecule has 0 radical (unpaired) electrons. The Balaban J connectivity index is 3.30. The van der Waals surface area contributed by atoms with Gasteiger partial charge in [0, 0.05) is 5.92 Å². The molecule has 3 heteroatoms. The van der Waals surface area contributed by atoms with Crippen molar-refractivity contribution in [1.82, 2.24) is 0 Å². The molecule has 0 aromatic heterocycles. The van der Waals surface area contributed by atoms with Crippen molar-refractivity contribution >= 4 is 12.3 Å². The molecule has 0 fully saturated rings. The molecule has 3 nitrogen and oxygen atoms in total. The van der Waals surface area contributed by atoms with Crippen molar-refractivity contribution in [1.29, 1.82) is 0 Å². The molecule has 0 bridgehead atoms. The third-order valence-electron chi connectivity index (χ3n) is 1.43. The second-order valence-electron chi connectivity index (χ2n) is 2.27. The van der Waals surface area contributed by atoms with Gasteiger partial charge >= 0.3 is 0 Å². The average Bonchev–Trinajstić information content (AvgIpc) is 1.88. The first-order valence-electron chi connectivity index (χ1n) is 3.24. The zero-order valence-electron chi connectivity index (χ0n) is 6.29. The molecule has 0 saturated carbocycles. The third kappa shape index (κ3) is 4.06. The van der Waals surface area contributed by atoms with E-state index in [1.807, 2.05) is 6.92 Å². The van der Waals surface area contributed by atoms with E-state index in [4.69, 9.17) is 0 Å². The molecule has 58 valence electrons. The fourth-order valence-electron chi connectivity index (χ4n) is 0.496. The van der Waals surface area contributed by atoms with Gasteiger partial charge in [-0.3, -0.25) is 9.59 Å². The van der Waals surface area contributed by atoms with Crippen LogP contribution in [0.1, 0.15) is 20.3 Å². The summed E-state index contributed by atoms with van der Waals surface area (Å²) >= 11 is 0. The first kappa shape index (κ1) is 9.14. The smallest absolute Gasteiger partial charge is 0.293 e. The topological polar surface area (TPSA) is 43.4 Å². The number of carbonyl (C=O) groups excluding carboxylic acids is 2. The minimum Gasteiger partial charge on any atom is -0.468 e. The Kier molecular flexibility index (Phi) is 4.54. The molecule has 0 aliphatic carbocycles. The Morgan fingerprint density at radius 2 is 2.30 bits per heavy atom. The predicted molar refractivity (Wildman–Crippen MR) is 36.5 cm³/mol. The fraction of sp³-hybridized carbons (Fsp3) is 0.714. The summed E-state index contributed by atoms with van der Waals surface area (Å²) in [7, 11) is 0. The zero-order valence-corrected chi connectivity index (χ0v) is 6.29. The van der Waals surface area contributed by atoms with Crippen LogP contribution in [0.4, 0.5) is 0 Å². The van der Waals surface area contributed by atoms with Crippen LogP contribution >= 0.6 is 0 Å². The number of rotatable bonds is 5. The Hall–Kier alpha value is -0.860. The van der Waals surface area contributed by atoms with Crippen molar-refractivity contribution in [3.8, 4) is 0 Å². The van der Waals surface area contributed by atoms with Crippen molar-refractivity contribution in [3.63, 3.8) is 0 Å². The van der Waals surface area contributed by atoms with E-state index in [9.17, 15) is 9.59 Å². The van der Waals surface area contributed by atoms with Gasteiger partial charge in [-0.2, -0.15) is 0 Å². The van der Waals surface area contributed by atoms with E-state index >= 15 is 0 Å². The standard InChI is InChI=1S/C7H12O3/c1-6(7(2)9)3-4-10-5-8/h5-6H,3-4H2,1-2H3. The highest BCUT2D eigenvalue weighted by Gasteiger charge is 2.05. The average molecular weight is 144 g/mol. The van der Waals surface area contributed by atoms with E-state index < -0.39 is 0 Å². The molecule has 0 aliphatic rings. The summed E-state index contributed by atoms with van der Waals surface area (Å²) < 4.78 is 4.42. The van der Waals surface area contributed by atoms with E-state index in [2.05, 4.69) is 4.74 Å². The third-order valence-corrected chi connectivity index (χ3v) is 1.43. The molecule has 0 rings (SSSR count). The van der Waals surface area contributed by atoms with Crippen LogP contribution < -0.4 is 0 Å². The molecule has 0 spiro atoms. The van der Waals surface area contributed by atoms with E-state index in [0.717, 1.165) is 0 Å². The molecule has 1 atom stereocenters. The number of Topliss-reactive ketones (excluding diaryl/α,β-unsaturated/α-hetero) is 1. The maximum absolute atomic E-state index is 10.6. The van der Waals surface area contributed by atoms with Gasteiger partial charge in [-0.05, 0) is 13.3 Å². The highest BCUT2D eigenvalue weighted by molar-refractivity contribution is 5.77. The van der Waals surface area contributed by atoms with Gasteiger partial charge in [0.05, 0.1) is 6.61 Å².